The molecule has 1 nitrogen and oxygen atoms in total. The molecular weight excluding hydrogens is 99.0 g/mol. The van der Waals surface area contributed by atoms with E-state index in [4.69, 9.17) is 5.11 Å². The Hall–Kier alpha value is 0.960. The van der Waals surface area contributed by atoms with Crippen molar-refractivity contribution in [1.82, 2.24) is 0 Å². The second-order valence-corrected chi connectivity index (χ2v) is 1.94. The second-order valence-electron chi connectivity index (χ2n) is 1.94. The van der Waals surface area contributed by atoms with E-state index in [-0.39, 0.29) is 35.7 Å². The fraction of sp³-hybridized carbons (Fsp3) is 1.00. The Balaban J connectivity index is 0.000000360. The molecule has 0 radical (unpaired) electrons. The minimum Gasteiger partial charge on any atom is -0.393 e. The Bertz CT molecular complexity index is 41.3. The van der Waals surface area contributed by atoms with Gasteiger partial charge < -0.3 is 5.11 Å². The topological polar surface area (TPSA) is 20.2 Å². The monoisotopic (exact) mass is 109 g/mol. The molecule has 1 fully saturated rings. The van der Waals surface area contributed by atoms with Crippen LogP contribution in [0.2, 0.25) is 0 Å². The molecule has 1 rings (SSSR count). The van der Waals surface area contributed by atoms with Crippen LogP contribution in [0.15, 0.2) is 0 Å². The molecule has 0 unspecified atom stereocenters. The van der Waals surface area contributed by atoms with Gasteiger partial charge in [-0.15, -0.1) is 0 Å². The van der Waals surface area contributed by atoms with E-state index in [9.17, 15) is 0 Å². The van der Waals surface area contributed by atoms with Gasteiger partial charge in [0, 0.05) is 0 Å². The molecule has 0 atom stereocenters. The van der Waals surface area contributed by atoms with Crippen molar-refractivity contribution < 1.29 is 34.7 Å². The van der Waals surface area contributed by atoms with Crippen LogP contribution in [0, 0.1) is 0 Å². The largest absolute Gasteiger partial charge is 1.00 e. The molecule has 1 aliphatic carbocycles. The Morgan fingerprint density at radius 3 is 1.71 bits per heavy atom. The van der Waals surface area contributed by atoms with Crippen molar-refractivity contribution in [3.05, 3.63) is 0 Å². The van der Waals surface area contributed by atoms with Crippen molar-refractivity contribution in [3.8, 4) is 0 Å². The molecule has 36 valence electrons. The molecule has 0 saturated heterocycles. The van der Waals surface area contributed by atoms with Gasteiger partial charge in [0.2, 0.25) is 0 Å². The first-order chi connectivity index (χ1) is 2.89. The SMILES string of the molecule is OC1CCCC1.[Na+]. The van der Waals surface area contributed by atoms with Gasteiger partial charge in [-0.25, -0.2) is 0 Å². The Morgan fingerprint density at radius 2 is 1.57 bits per heavy atom. The maximum Gasteiger partial charge on any atom is 1.00 e. The maximum absolute atomic E-state index is 8.73. The van der Waals surface area contributed by atoms with Gasteiger partial charge in [0.1, 0.15) is 0 Å². The predicted octanol–water partition coefficient (Wildman–Crippen LogP) is -2.07. The van der Waals surface area contributed by atoms with Crippen LogP contribution in [0.3, 0.4) is 0 Å². The first kappa shape index (κ1) is 7.96. The summed E-state index contributed by atoms with van der Waals surface area (Å²) in [5, 5.41) is 8.73. The molecule has 7 heavy (non-hydrogen) atoms. The van der Waals surface area contributed by atoms with Gasteiger partial charge in [-0.2, -0.15) is 0 Å². The summed E-state index contributed by atoms with van der Waals surface area (Å²) in [4.78, 5) is 0. The minimum absolute atomic E-state index is 0. The van der Waals surface area contributed by atoms with Crippen molar-refractivity contribution >= 4 is 0 Å². The van der Waals surface area contributed by atoms with Crippen LogP contribution < -0.4 is 29.6 Å². The zero-order valence-electron chi connectivity index (χ0n) is 4.85. The molecule has 0 aromatic carbocycles. The molecule has 0 amide bonds. The Labute approximate surface area is 66.4 Å². The average Bonchev–Trinajstić information content (AvgIpc) is 1.86. The van der Waals surface area contributed by atoms with E-state index in [1.807, 2.05) is 0 Å². The summed E-state index contributed by atoms with van der Waals surface area (Å²) < 4.78 is 0. The molecule has 1 N–H and O–H groups in total. The summed E-state index contributed by atoms with van der Waals surface area (Å²) in [6.45, 7) is 0. The molecule has 0 aromatic heterocycles. The number of aliphatic hydroxyl groups excluding tert-OH is 1. The van der Waals surface area contributed by atoms with Crippen molar-refractivity contribution in [3.63, 3.8) is 0 Å². The molecule has 0 aliphatic heterocycles. The zero-order chi connectivity index (χ0) is 4.41. The fourth-order valence-corrected chi connectivity index (χ4v) is 0.904. The van der Waals surface area contributed by atoms with Crippen molar-refractivity contribution in [2.75, 3.05) is 0 Å². The Kier molecular flexibility index (Phi) is 4.44. The summed E-state index contributed by atoms with van der Waals surface area (Å²) >= 11 is 0. The van der Waals surface area contributed by atoms with E-state index < -0.39 is 0 Å². The van der Waals surface area contributed by atoms with E-state index in [0.29, 0.717) is 0 Å². The van der Waals surface area contributed by atoms with Crippen LogP contribution in [-0.4, -0.2) is 11.2 Å². The van der Waals surface area contributed by atoms with E-state index in [0.717, 1.165) is 12.8 Å². The van der Waals surface area contributed by atoms with Crippen molar-refractivity contribution in [1.29, 1.82) is 0 Å². The van der Waals surface area contributed by atoms with Gasteiger partial charge >= 0.3 is 29.6 Å². The smallest absolute Gasteiger partial charge is 0.393 e. The van der Waals surface area contributed by atoms with Crippen LogP contribution in [0.4, 0.5) is 0 Å². The summed E-state index contributed by atoms with van der Waals surface area (Å²) in [6.07, 6.45) is 4.60. The third-order valence-corrected chi connectivity index (χ3v) is 1.32. The summed E-state index contributed by atoms with van der Waals surface area (Å²) in [5.74, 6) is 0. The number of hydrogen-bond acceptors (Lipinski definition) is 1. The molecule has 2 heteroatoms. The van der Waals surface area contributed by atoms with Gasteiger partial charge in [-0.3, -0.25) is 0 Å². The summed E-state index contributed by atoms with van der Waals surface area (Å²) in [5.41, 5.74) is 0. The van der Waals surface area contributed by atoms with Crippen LogP contribution >= 0.6 is 0 Å². The van der Waals surface area contributed by atoms with Gasteiger partial charge in [0.05, 0.1) is 6.10 Å². The Morgan fingerprint density at radius 1 is 1.14 bits per heavy atom. The standard InChI is InChI=1S/C5H10O.Na/c6-5-3-1-2-4-5;/h5-6H,1-4H2;/q;+1. The van der Waals surface area contributed by atoms with E-state index in [2.05, 4.69) is 0 Å². The normalized spacial score (nSPS) is 21.9. The van der Waals surface area contributed by atoms with Crippen molar-refractivity contribution in [2.45, 2.75) is 31.8 Å². The number of rotatable bonds is 0. The number of aliphatic hydroxyl groups is 1. The summed E-state index contributed by atoms with van der Waals surface area (Å²) in [7, 11) is 0. The minimum atomic E-state index is 0. The first-order valence-electron chi connectivity index (χ1n) is 2.57. The molecule has 0 bridgehead atoms. The first-order valence-corrected chi connectivity index (χ1v) is 2.57. The van der Waals surface area contributed by atoms with Crippen molar-refractivity contribution in [2.24, 2.45) is 0 Å². The van der Waals surface area contributed by atoms with Crippen LogP contribution in [0.1, 0.15) is 25.7 Å². The molecular formula is C5H10NaO+. The van der Waals surface area contributed by atoms with Crippen LogP contribution in [0.5, 0.6) is 0 Å². The third-order valence-electron chi connectivity index (χ3n) is 1.32. The fourth-order valence-electron chi connectivity index (χ4n) is 0.904. The van der Waals surface area contributed by atoms with E-state index >= 15 is 0 Å². The molecule has 0 heterocycles. The number of hydrogen-bond donors (Lipinski definition) is 1. The summed E-state index contributed by atoms with van der Waals surface area (Å²) in [6, 6.07) is 0. The second kappa shape index (κ2) is 3.90. The molecule has 1 aliphatic rings. The maximum atomic E-state index is 8.73. The van der Waals surface area contributed by atoms with E-state index in [1.165, 1.54) is 12.8 Å². The van der Waals surface area contributed by atoms with Crippen LogP contribution in [0.25, 0.3) is 0 Å². The molecule has 1 saturated carbocycles. The van der Waals surface area contributed by atoms with Gasteiger partial charge in [0.15, 0.2) is 0 Å². The molecule has 0 spiro atoms. The third kappa shape index (κ3) is 2.70. The van der Waals surface area contributed by atoms with Gasteiger partial charge in [-0.05, 0) is 12.8 Å². The van der Waals surface area contributed by atoms with Crippen LogP contribution in [-0.2, 0) is 0 Å². The van der Waals surface area contributed by atoms with E-state index in [1.54, 1.807) is 0 Å². The quantitative estimate of drug-likeness (QED) is 0.354. The zero-order valence-corrected chi connectivity index (χ0v) is 6.85. The van der Waals surface area contributed by atoms with Gasteiger partial charge in [0.25, 0.3) is 0 Å². The van der Waals surface area contributed by atoms with Gasteiger partial charge in [-0.1, -0.05) is 12.8 Å². The predicted molar refractivity (Wildman–Crippen MR) is 24.5 cm³/mol. The average molecular weight is 109 g/mol. The molecule has 0 aromatic rings.